The summed E-state index contributed by atoms with van der Waals surface area (Å²) in [4.78, 5) is 0. The van der Waals surface area contributed by atoms with Crippen molar-refractivity contribution in [1.82, 2.24) is 0 Å². The van der Waals surface area contributed by atoms with Crippen LogP contribution in [0.4, 0.5) is 10.1 Å². The fourth-order valence-corrected chi connectivity index (χ4v) is 3.72. The van der Waals surface area contributed by atoms with E-state index in [1.54, 1.807) is 12.1 Å². The first-order chi connectivity index (χ1) is 10.9. The molecule has 0 spiro atoms. The Hall–Kier alpha value is -1.99. The topological polar surface area (TPSA) is 64.6 Å². The molecule has 0 saturated heterocycles. The van der Waals surface area contributed by atoms with E-state index in [9.17, 15) is 12.8 Å². The van der Waals surface area contributed by atoms with Crippen molar-refractivity contribution < 1.29 is 22.3 Å². The molecular formula is C15H13ClFNO4S. The summed E-state index contributed by atoms with van der Waals surface area (Å²) >= 11 is 5.86. The molecule has 0 aliphatic carbocycles. The van der Waals surface area contributed by atoms with Crippen LogP contribution < -0.4 is 14.2 Å². The van der Waals surface area contributed by atoms with Gasteiger partial charge in [0.15, 0.2) is 11.5 Å². The Bertz CT molecular complexity index is 821. The molecule has 0 radical (unpaired) electrons. The molecule has 8 heteroatoms. The third-order valence-electron chi connectivity index (χ3n) is 3.21. The lowest BCUT2D eigenvalue weighted by Crippen LogP contribution is -2.18. The lowest BCUT2D eigenvalue weighted by molar-refractivity contribution is 0.171. The molecular weight excluding hydrogens is 345 g/mol. The zero-order valence-electron chi connectivity index (χ0n) is 11.9. The molecule has 2 aromatic carbocycles. The lowest BCUT2D eigenvalue weighted by atomic mass is 10.2. The van der Waals surface area contributed by atoms with Crippen molar-refractivity contribution in [2.75, 3.05) is 17.9 Å². The molecule has 1 aliphatic rings. The highest BCUT2D eigenvalue weighted by molar-refractivity contribution is 7.91. The SMILES string of the molecule is O=S(=O)(Cc1c(F)cccc1Cl)Nc1ccc2c(c1)OCCO2. The van der Waals surface area contributed by atoms with Crippen LogP contribution in [-0.4, -0.2) is 21.6 Å². The Morgan fingerprint density at radius 2 is 1.87 bits per heavy atom. The minimum atomic E-state index is -3.83. The van der Waals surface area contributed by atoms with Gasteiger partial charge in [-0.3, -0.25) is 4.72 Å². The molecule has 1 aliphatic heterocycles. The third kappa shape index (κ3) is 3.68. The van der Waals surface area contributed by atoms with E-state index in [1.165, 1.54) is 24.3 Å². The Labute approximate surface area is 138 Å². The average Bonchev–Trinajstić information content (AvgIpc) is 2.51. The second-order valence-corrected chi connectivity index (χ2v) is 7.05. The van der Waals surface area contributed by atoms with Crippen molar-refractivity contribution in [2.45, 2.75) is 5.75 Å². The smallest absolute Gasteiger partial charge is 0.237 e. The number of ether oxygens (including phenoxy) is 2. The summed E-state index contributed by atoms with van der Waals surface area (Å²) in [5.74, 6) is -0.214. The van der Waals surface area contributed by atoms with Crippen molar-refractivity contribution in [1.29, 1.82) is 0 Å². The minimum Gasteiger partial charge on any atom is -0.486 e. The predicted octanol–water partition coefficient (Wildman–Crippen LogP) is 3.19. The molecule has 0 amide bonds. The highest BCUT2D eigenvalue weighted by Gasteiger charge is 2.19. The van der Waals surface area contributed by atoms with Crippen LogP contribution >= 0.6 is 11.6 Å². The summed E-state index contributed by atoms with van der Waals surface area (Å²) in [6.45, 7) is 0.845. The molecule has 1 N–H and O–H groups in total. The second kappa shape index (κ2) is 6.25. The summed E-state index contributed by atoms with van der Waals surface area (Å²) < 4.78 is 51.3. The van der Waals surface area contributed by atoms with Gasteiger partial charge in [0.1, 0.15) is 19.0 Å². The van der Waals surface area contributed by atoms with Gasteiger partial charge in [-0.1, -0.05) is 17.7 Å². The predicted molar refractivity (Wildman–Crippen MR) is 85.1 cm³/mol. The number of anilines is 1. The molecule has 0 aromatic heterocycles. The van der Waals surface area contributed by atoms with E-state index in [-0.39, 0.29) is 10.6 Å². The van der Waals surface area contributed by atoms with Gasteiger partial charge in [-0.05, 0) is 24.3 Å². The maximum absolute atomic E-state index is 13.7. The zero-order chi connectivity index (χ0) is 16.4. The number of benzene rings is 2. The molecule has 0 bridgehead atoms. The van der Waals surface area contributed by atoms with Gasteiger partial charge >= 0.3 is 0 Å². The number of hydrogen-bond acceptors (Lipinski definition) is 4. The standard InChI is InChI=1S/C15H13ClFNO4S/c16-12-2-1-3-13(17)11(12)9-23(19,20)18-10-4-5-14-15(8-10)22-7-6-21-14/h1-5,8,18H,6-7,9H2. The molecule has 3 rings (SSSR count). The van der Waals surface area contributed by atoms with Gasteiger partial charge in [0, 0.05) is 16.7 Å². The zero-order valence-corrected chi connectivity index (χ0v) is 13.5. The van der Waals surface area contributed by atoms with Crippen LogP contribution in [0.25, 0.3) is 0 Å². The molecule has 122 valence electrons. The van der Waals surface area contributed by atoms with Crippen LogP contribution in [0.2, 0.25) is 5.02 Å². The molecule has 0 saturated carbocycles. The Balaban J connectivity index is 1.81. The first-order valence-corrected chi connectivity index (χ1v) is 8.81. The van der Waals surface area contributed by atoms with Crippen molar-refractivity contribution >= 4 is 27.3 Å². The minimum absolute atomic E-state index is 0.0672. The summed E-state index contributed by atoms with van der Waals surface area (Å²) in [6, 6.07) is 8.72. The van der Waals surface area contributed by atoms with E-state index in [0.29, 0.717) is 30.4 Å². The lowest BCUT2D eigenvalue weighted by Gasteiger charge is -2.19. The first kappa shape index (κ1) is 15.9. The summed E-state index contributed by atoms with van der Waals surface area (Å²) in [5, 5.41) is 0.0672. The highest BCUT2D eigenvalue weighted by Crippen LogP contribution is 2.33. The van der Waals surface area contributed by atoms with Crippen LogP contribution in [0.5, 0.6) is 11.5 Å². The fourth-order valence-electron chi connectivity index (χ4n) is 2.18. The van der Waals surface area contributed by atoms with Crippen LogP contribution in [-0.2, 0) is 15.8 Å². The summed E-state index contributed by atoms with van der Waals surface area (Å²) in [5.41, 5.74) is 0.237. The van der Waals surface area contributed by atoms with E-state index in [2.05, 4.69) is 4.72 Å². The van der Waals surface area contributed by atoms with E-state index in [0.717, 1.165) is 0 Å². The number of nitrogens with one attached hydrogen (secondary N) is 1. The number of rotatable bonds is 4. The van der Waals surface area contributed by atoms with Gasteiger partial charge in [0.05, 0.1) is 11.4 Å². The van der Waals surface area contributed by atoms with Crippen LogP contribution in [0, 0.1) is 5.82 Å². The van der Waals surface area contributed by atoms with Crippen molar-refractivity contribution in [3.05, 3.63) is 52.8 Å². The Morgan fingerprint density at radius 1 is 1.13 bits per heavy atom. The molecule has 0 unspecified atom stereocenters. The molecule has 5 nitrogen and oxygen atoms in total. The van der Waals surface area contributed by atoms with Crippen molar-refractivity contribution in [3.63, 3.8) is 0 Å². The number of fused-ring (bicyclic) bond motifs is 1. The maximum atomic E-state index is 13.7. The number of halogens is 2. The highest BCUT2D eigenvalue weighted by atomic mass is 35.5. The summed E-state index contributed by atoms with van der Waals surface area (Å²) in [7, 11) is -3.83. The monoisotopic (exact) mass is 357 g/mol. The van der Waals surface area contributed by atoms with E-state index in [4.69, 9.17) is 21.1 Å². The van der Waals surface area contributed by atoms with Gasteiger partial charge < -0.3 is 9.47 Å². The molecule has 1 heterocycles. The van der Waals surface area contributed by atoms with E-state index in [1.807, 2.05) is 0 Å². The van der Waals surface area contributed by atoms with Crippen LogP contribution in [0.15, 0.2) is 36.4 Å². The second-order valence-electron chi connectivity index (χ2n) is 4.92. The van der Waals surface area contributed by atoms with Gasteiger partial charge in [0.2, 0.25) is 10.0 Å². The van der Waals surface area contributed by atoms with Gasteiger partial charge in [-0.2, -0.15) is 0 Å². The summed E-state index contributed by atoms with van der Waals surface area (Å²) in [6.07, 6.45) is 0. The average molecular weight is 358 g/mol. The van der Waals surface area contributed by atoms with Gasteiger partial charge in [0.25, 0.3) is 0 Å². The molecule has 0 fully saturated rings. The van der Waals surface area contributed by atoms with E-state index < -0.39 is 21.6 Å². The number of hydrogen-bond donors (Lipinski definition) is 1. The quantitative estimate of drug-likeness (QED) is 0.912. The Morgan fingerprint density at radius 3 is 2.61 bits per heavy atom. The fraction of sp³-hybridized carbons (Fsp3) is 0.200. The number of sulfonamides is 1. The van der Waals surface area contributed by atoms with Crippen molar-refractivity contribution in [2.24, 2.45) is 0 Å². The van der Waals surface area contributed by atoms with Crippen molar-refractivity contribution in [3.8, 4) is 11.5 Å². The van der Waals surface area contributed by atoms with Gasteiger partial charge in [-0.15, -0.1) is 0 Å². The first-order valence-electron chi connectivity index (χ1n) is 6.78. The normalized spacial score (nSPS) is 13.7. The van der Waals surface area contributed by atoms with Gasteiger partial charge in [-0.25, -0.2) is 12.8 Å². The third-order valence-corrected chi connectivity index (χ3v) is 4.78. The van der Waals surface area contributed by atoms with E-state index >= 15 is 0 Å². The van der Waals surface area contributed by atoms with Crippen LogP contribution in [0.1, 0.15) is 5.56 Å². The van der Waals surface area contributed by atoms with Crippen LogP contribution in [0.3, 0.4) is 0 Å². The molecule has 0 atom stereocenters. The largest absolute Gasteiger partial charge is 0.486 e. The molecule has 23 heavy (non-hydrogen) atoms. The maximum Gasteiger partial charge on any atom is 0.237 e. The molecule has 2 aromatic rings. The Kier molecular flexibility index (Phi) is 4.32.